The maximum atomic E-state index is 11.7. The number of hydrogen-bond donors (Lipinski definition) is 1. The fourth-order valence-electron chi connectivity index (χ4n) is 1.70. The van der Waals surface area contributed by atoms with Gasteiger partial charge in [-0.3, -0.25) is 9.69 Å². The Hall–Kier alpha value is -1.56. The molecule has 1 saturated heterocycles. The van der Waals surface area contributed by atoms with Gasteiger partial charge in [-0.2, -0.15) is 0 Å². The third-order valence-corrected chi connectivity index (χ3v) is 2.50. The highest BCUT2D eigenvalue weighted by Gasteiger charge is 2.28. The predicted molar refractivity (Wildman–Crippen MR) is 59.7 cm³/mol. The number of ether oxygens (including phenoxy) is 2. The number of carboxylic acids is 1. The Morgan fingerprint density at radius 1 is 1.47 bits per heavy atom. The Morgan fingerprint density at radius 2 is 2.12 bits per heavy atom. The van der Waals surface area contributed by atoms with Gasteiger partial charge in [-0.25, -0.2) is 4.79 Å². The third-order valence-electron chi connectivity index (χ3n) is 2.50. The predicted octanol–water partition coefficient (Wildman–Crippen LogP) is 0.875. The summed E-state index contributed by atoms with van der Waals surface area (Å²) in [6.07, 6.45) is 2.10. The number of carboxylic acid groups (broad SMARTS) is 1. The van der Waals surface area contributed by atoms with E-state index in [-0.39, 0.29) is 19.2 Å². The van der Waals surface area contributed by atoms with Gasteiger partial charge in [0, 0.05) is 19.3 Å². The van der Waals surface area contributed by atoms with E-state index in [1.165, 1.54) is 11.0 Å². The summed E-state index contributed by atoms with van der Waals surface area (Å²) in [7, 11) is 0. The van der Waals surface area contributed by atoms with Gasteiger partial charge in [-0.05, 0) is 12.8 Å². The highest BCUT2D eigenvalue weighted by molar-refractivity contribution is 5.77. The summed E-state index contributed by atoms with van der Waals surface area (Å²) in [5, 5.41) is 8.79. The van der Waals surface area contributed by atoms with Crippen molar-refractivity contribution in [2.75, 3.05) is 26.4 Å². The van der Waals surface area contributed by atoms with Gasteiger partial charge >= 0.3 is 12.1 Å². The summed E-state index contributed by atoms with van der Waals surface area (Å²) in [4.78, 5) is 23.7. The number of nitrogens with zero attached hydrogens (tertiary/aromatic N) is 1. The lowest BCUT2D eigenvalue weighted by Crippen LogP contribution is -2.46. The molecule has 17 heavy (non-hydrogen) atoms. The first-order chi connectivity index (χ1) is 8.15. The molecule has 0 spiro atoms. The van der Waals surface area contributed by atoms with E-state index in [9.17, 15) is 9.59 Å². The molecule has 6 heteroatoms. The van der Waals surface area contributed by atoms with Crippen molar-refractivity contribution in [3.05, 3.63) is 12.7 Å². The zero-order chi connectivity index (χ0) is 12.7. The monoisotopic (exact) mass is 243 g/mol. The van der Waals surface area contributed by atoms with Gasteiger partial charge < -0.3 is 14.6 Å². The fourth-order valence-corrected chi connectivity index (χ4v) is 1.70. The van der Waals surface area contributed by atoms with Crippen LogP contribution in [0, 0.1) is 0 Å². The standard InChI is InChI=1S/C11H17NO5/c1-2-5-17-11(15)12(8-10(13)14)9-3-6-16-7-4-9/h2,9H,1,3-8H2,(H,13,14). The first-order valence-corrected chi connectivity index (χ1v) is 5.49. The molecule has 1 N–H and O–H groups in total. The molecule has 1 aliphatic rings. The van der Waals surface area contributed by atoms with Gasteiger partial charge in [0.1, 0.15) is 13.2 Å². The summed E-state index contributed by atoms with van der Waals surface area (Å²) < 4.78 is 10.0. The molecule has 0 bridgehead atoms. The first-order valence-electron chi connectivity index (χ1n) is 5.49. The van der Waals surface area contributed by atoms with E-state index in [0.29, 0.717) is 26.1 Å². The third kappa shape index (κ3) is 4.44. The van der Waals surface area contributed by atoms with Crippen LogP contribution in [0.15, 0.2) is 12.7 Å². The van der Waals surface area contributed by atoms with E-state index in [0.717, 1.165) is 0 Å². The molecule has 1 heterocycles. The summed E-state index contributed by atoms with van der Waals surface area (Å²) in [5.41, 5.74) is 0. The van der Waals surface area contributed by atoms with Crippen LogP contribution in [0.5, 0.6) is 0 Å². The number of hydrogen-bond acceptors (Lipinski definition) is 4. The second-order valence-electron chi connectivity index (χ2n) is 3.73. The van der Waals surface area contributed by atoms with Crippen LogP contribution in [-0.2, 0) is 14.3 Å². The lowest BCUT2D eigenvalue weighted by Gasteiger charge is -2.32. The summed E-state index contributed by atoms with van der Waals surface area (Å²) in [6, 6.07) is -0.128. The Balaban J connectivity index is 2.60. The van der Waals surface area contributed by atoms with E-state index >= 15 is 0 Å². The van der Waals surface area contributed by atoms with E-state index in [1.54, 1.807) is 0 Å². The van der Waals surface area contributed by atoms with Crippen LogP contribution in [-0.4, -0.2) is 54.5 Å². The topological polar surface area (TPSA) is 76.1 Å². The van der Waals surface area contributed by atoms with Crippen molar-refractivity contribution in [3.8, 4) is 0 Å². The average molecular weight is 243 g/mol. The number of carbonyl (C=O) groups is 2. The molecule has 1 aliphatic heterocycles. The van der Waals surface area contributed by atoms with Crippen molar-refractivity contribution in [2.45, 2.75) is 18.9 Å². The SMILES string of the molecule is C=CCOC(=O)N(CC(=O)O)C1CCOCC1. The van der Waals surface area contributed by atoms with Crippen LogP contribution < -0.4 is 0 Å². The van der Waals surface area contributed by atoms with Gasteiger partial charge in [-0.1, -0.05) is 12.7 Å². The van der Waals surface area contributed by atoms with Crippen LogP contribution in [0.1, 0.15) is 12.8 Å². The maximum absolute atomic E-state index is 11.7. The smallest absolute Gasteiger partial charge is 0.410 e. The second kappa shape index (κ2) is 6.90. The molecule has 0 radical (unpaired) electrons. The van der Waals surface area contributed by atoms with Gasteiger partial charge in [-0.15, -0.1) is 0 Å². The van der Waals surface area contributed by atoms with E-state index < -0.39 is 12.1 Å². The quantitative estimate of drug-likeness (QED) is 0.725. The zero-order valence-electron chi connectivity index (χ0n) is 9.63. The summed E-state index contributed by atoms with van der Waals surface area (Å²) >= 11 is 0. The highest BCUT2D eigenvalue weighted by atomic mass is 16.6. The Labute approximate surface area is 99.8 Å². The van der Waals surface area contributed by atoms with Crippen molar-refractivity contribution in [2.24, 2.45) is 0 Å². The molecule has 0 unspecified atom stereocenters. The number of rotatable bonds is 5. The van der Waals surface area contributed by atoms with Crippen LogP contribution in [0.4, 0.5) is 4.79 Å². The van der Waals surface area contributed by atoms with Gasteiger partial charge in [0.15, 0.2) is 0 Å². The molecular formula is C11H17NO5. The minimum Gasteiger partial charge on any atom is -0.480 e. The molecule has 0 aromatic heterocycles. The van der Waals surface area contributed by atoms with E-state index in [2.05, 4.69) is 6.58 Å². The van der Waals surface area contributed by atoms with E-state index in [4.69, 9.17) is 14.6 Å². The molecule has 1 rings (SSSR count). The minimum atomic E-state index is -1.05. The van der Waals surface area contributed by atoms with Crippen molar-refractivity contribution in [1.29, 1.82) is 0 Å². The van der Waals surface area contributed by atoms with Gasteiger partial charge in [0.2, 0.25) is 0 Å². The lowest BCUT2D eigenvalue weighted by atomic mass is 10.1. The van der Waals surface area contributed by atoms with Crippen LogP contribution in [0.3, 0.4) is 0 Å². The molecule has 0 saturated carbocycles. The molecule has 0 aromatic rings. The molecule has 0 aliphatic carbocycles. The van der Waals surface area contributed by atoms with Crippen molar-refractivity contribution < 1.29 is 24.2 Å². The average Bonchev–Trinajstić information content (AvgIpc) is 2.34. The van der Waals surface area contributed by atoms with Crippen molar-refractivity contribution in [3.63, 3.8) is 0 Å². The first kappa shape index (κ1) is 13.5. The molecule has 0 aromatic carbocycles. The molecule has 0 atom stereocenters. The Bertz CT molecular complexity index is 286. The normalized spacial score (nSPS) is 16.2. The molecule has 1 amide bonds. The number of amides is 1. The largest absolute Gasteiger partial charge is 0.480 e. The summed E-state index contributed by atoms with van der Waals surface area (Å²) in [6.45, 7) is 4.24. The number of aliphatic carboxylic acids is 1. The van der Waals surface area contributed by atoms with Crippen LogP contribution >= 0.6 is 0 Å². The highest BCUT2D eigenvalue weighted by Crippen LogP contribution is 2.15. The van der Waals surface area contributed by atoms with Gasteiger partial charge in [0.25, 0.3) is 0 Å². The Kier molecular flexibility index (Phi) is 5.48. The second-order valence-corrected chi connectivity index (χ2v) is 3.73. The minimum absolute atomic E-state index is 0.0815. The lowest BCUT2D eigenvalue weighted by molar-refractivity contribution is -0.139. The van der Waals surface area contributed by atoms with Crippen LogP contribution in [0.2, 0.25) is 0 Å². The van der Waals surface area contributed by atoms with Gasteiger partial charge in [0.05, 0.1) is 0 Å². The fraction of sp³-hybridized carbons (Fsp3) is 0.636. The molecule has 96 valence electrons. The summed E-state index contributed by atoms with van der Waals surface area (Å²) in [5.74, 6) is -1.05. The van der Waals surface area contributed by atoms with Crippen molar-refractivity contribution >= 4 is 12.1 Å². The maximum Gasteiger partial charge on any atom is 0.410 e. The van der Waals surface area contributed by atoms with Crippen molar-refractivity contribution in [1.82, 2.24) is 4.90 Å². The molecule has 6 nitrogen and oxygen atoms in total. The zero-order valence-corrected chi connectivity index (χ0v) is 9.63. The Morgan fingerprint density at radius 3 is 2.65 bits per heavy atom. The van der Waals surface area contributed by atoms with Crippen LogP contribution in [0.25, 0.3) is 0 Å². The molecular weight excluding hydrogens is 226 g/mol. The van der Waals surface area contributed by atoms with E-state index in [1.807, 2.05) is 0 Å². The molecule has 1 fully saturated rings. The number of carbonyl (C=O) groups excluding carboxylic acids is 1.